The summed E-state index contributed by atoms with van der Waals surface area (Å²) < 4.78 is 0. The van der Waals surface area contributed by atoms with Crippen molar-refractivity contribution in [1.29, 1.82) is 0 Å². The Balaban J connectivity index is 3.44. The van der Waals surface area contributed by atoms with E-state index in [1.807, 2.05) is 6.92 Å². The molecule has 0 aliphatic heterocycles. The third-order valence-electron chi connectivity index (χ3n) is 1.96. The number of rotatable bonds is 2. The largest absolute Gasteiger partial charge is 0.478 e. The highest BCUT2D eigenvalue weighted by molar-refractivity contribution is 5.95. The molecule has 0 aliphatic rings. The maximum absolute atomic E-state index is 11.0. The number of carbonyl (C=O) groups is 1. The van der Waals surface area contributed by atoms with Crippen molar-refractivity contribution in [2.75, 3.05) is 19.0 Å². The fraction of sp³-hybridized carbons (Fsp3) is 0.400. The Hall–Kier alpha value is -1.58. The number of aromatic carboxylic acids is 1. The average molecular weight is 194 g/mol. The first-order valence-electron chi connectivity index (χ1n) is 4.32. The van der Waals surface area contributed by atoms with Crippen molar-refractivity contribution in [3.8, 4) is 0 Å². The van der Waals surface area contributed by atoms with Crippen LogP contribution in [0.1, 0.15) is 21.6 Å². The monoisotopic (exact) mass is 194 g/mol. The maximum Gasteiger partial charge on any atom is 0.339 e. The molecule has 1 heterocycles. The molecule has 4 heteroatoms. The highest BCUT2D eigenvalue weighted by atomic mass is 16.4. The molecule has 0 amide bonds. The summed E-state index contributed by atoms with van der Waals surface area (Å²) in [5.74, 6) is -0.422. The predicted molar refractivity (Wildman–Crippen MR) is 55.0 cm³/mol. The number of hydrogen-bond donors (Lipinski definition) is 1. The molecule has 0 radical (unpaired) electrons. The van der Waals surface area contributed by atoms with Gasteiger partial charge >= 0.3 is 5.97 Å². The van der Waals surface area contributed by atoms with Crippen LogP contribution in [0.5, 0.6) is 0 Å². The molecule has 1 rings (SSSR count). The molecule has 1 aromatic heterocycles. The van der Waals surface area contributed by atoms with Crippen LogP contribution in [0, 0.1) is 13.8 Å². The van der Waals surface area contributed by atoms with E-state index in [0.717, 1.165) is 11.3 Å². The quantitative estimate of drug-likeness (QED) is 0.774. The molecule has 4 nitrogen and oxygen atoms in total. The number of hydrogen-bond acceptors (Lipinski definition) is 3. The Morgan fingerprint density at radius 1 is 1.43 bits per heavy atom. The van der Waals surface area contributed by atoms with E-state index >= 15 is 0 Å². The summed E-state index contributed by atoms with van der Waals surface area (Å²) in [4.78, 5) is 16.9. The van der Waals surface area contributed by atoms with Crippen LogP contribution < -0.4 is 4.90 Å². The number of anilines is 1. The van der Waals surface area contributed by atoms with Gasteiger partial charge in [0.05, 0.1) is 0 Å². The van der Waals surface area contributed by atoms with Gasteiger partial charge in [0.1, 0.15) is 11.4 Å². The van der Waals surface area contributed by atoms with Crippen molar-refractivity contribution in [3.05, 3.63) is 22.9 Å². The molecule has 0 saturated heterocycles. The average Bonchev–Trinajstić information content (AvgIpc) is 2.01. The predicted octanol–water partition coefficient (Wildman–Crippen LogP) is 1.46. The molecule has 0 aliphatic carbocycles. The van der Waals surface area contributed by atoms with Crippen LogP contribution in [0.25, 0.3) is 0 Å². The van der Waals surface area contributed by atoms with Gasteiger partial charge in [0.25, 0.3) is 0 Å². The van der Waals surface area contributed by atoms with E-state index in [4.69, 9.17) is 5.11 Å². The van der Waals surface area contributed by atoms with E-state index in [9.17, 15) is 4.79 Å². The van der Waals surface area contributed by atoms with Gasteiger partial charge in [-0.2, -0.15) is 0 Å². The number of carboxylic acid groups (broad SMARTS) is 1. The van der Waals surface area contributed by atoms with E-state index in [2.05, 4.69) is 4.98 Å². The fourth-order valence-electron chi connectivity index (χ4n) is 1.40. The SMILES string of the molecule is Cc1cc(C)c(C(=O)O)c(N(C)C)n1. The van der Waals surface area contributed by atoms with Gasteiger partial charge in [-0.05, 0) is 25.5 Å². The minimum absolute atomic E-state index is 0.278. The lowest BCUT2D eigenvalue weighted by atomic mass is 10.1. The zero-order valence-electron chi connectivity index (χ0n) is 8.83. The van der Waals surface area contributed by atoms with Gasteiger partial charge < -0.3 is 10.0 Å². The van der Waals surface area contributed by atoms with Gasteiger partial charge in [-0.1, -0.05) is 0 Å². The van der Waals surface area contributed by atoms with E-state index in [1.165, 1.54) is 0 Å². The Bertz CT molecular complexity index is 373. The number of carboxylic acids is 1. The van der Waals surface area contributed by atoms with Gasteiger partial charge in [0.2, 0.25) is 0 Å². The van der Waals surface area contributed by atoms with E-state index in [1.54, 1.807) is 32.0 Å². The Morgan fingerprint density at radius 3 is 2.43 bits per heavy atom. The second-order valence-electron chi connectivity index (χ2n) is 3.48. The lowest BCUT2D eigenvalue weighted by Gasteiger charge is -2.16. The molecular weight excluding hydrogens is 180 g/mol. The van der Waals surface area contributed by atoms with Crippen LogP contribution in [0.4, 0.5) is 5.82 Å². The lowest BCUT2D eigenvalue weighted by Crippen LogP contribution is -2.17. The third-order valence-corrected chi connectivity index (χ3v) is 1.96. The minimum atomic E-state index is -0.932. The van der Waals surface area contributed by atoms with Crippen LogP contribution in [0.2, 0.25) is 0 Å². The zero-order valence-corrected chi connectivity index (χ0v) is 8.83. The topological polar surface area (TPSA) is 53.4 Å². The highest BCUT2D eigenvalue weighted by Crippen LogP contribution is 2.20. The molecule has 0 saturated carbocycles. The Labute approximate surface area is 83.2 Å². The molecule has 0 atom stereocenters. The summed E-state index contributed by atoms with van der Waals surface area (Å²) in [6, 6.07) is 1.77. The summed E-state index contributed by atoms with van der Waals surface area (Å²) in [6.07, 6.45) is 0. The minimum Gasteiger partial charge on any atom is -0.478 e. The van der Waals surface area contributed by atoms with Crippen LogP contribution in [0.15, 0.2) is 6.07 Å². The molecule has 0 fully saturated rings. The summed E-state index contributed by atoms with van der Waals surface area (Å²) in [6.45, 7) is 3.64. The van der Waals surface area contributed by atoms with Gasteiger partial charge in [0.15, 0.2) is 0 Å². The maximum atomic E-state index is 11.0. The zero-order chi connectivity index (χ0) is 10.9. The van der Waals surface area contributed by atoms with Crippen molar-refractivity contribution in [2.45, 2.75) is 13.8 Å². The van der Waals surface area contributed by atoms with Gasteiger partial charge in [-0.25, -0.2) is 9.78 Å². The second kappa shape index (κ2) is 3.65. The summed E-state index contributed by atoms with van der Waals surface area (Å²) >= 11 is 0. The number of pyridine rings is 1. The summed E-state index contributed by atoms with van der Waals surface area (Å²) in [5.41, 5.74) is 1.85. The molecular formula is C10H14N2O2. The molecule has 76 valence electrons. The molecule has 1 N–H and O–H groups in total. The van der Waals surface area contributed by atoms with Crippen molar-refractivity contribution < 1.29 is 9.90 Å². The Morgan fingerprint density at radius 2 is 2.00 bits per heavy atom. The van der Waals surface area contributed by atoms with Gasteiger partial charge in [-0.3, -0.25) is 0 Å². The number of aromatic nitrogens is 1. The first-order valence-corrected chi connectivity index (χ1v) is 4.32. The molecule has 14 heavy (non-hydrogen) atoms. The Kier molecular flexibility index (Phi) is 2.74. The van der Waals surface area contributed by atoms with Crippen molar-refractivity contribution in [1.82, 2.24) is 4.98 Å². The van der Waals surface area contributed by atoms with Crippen molar-refractivity contribution in [2.24, 2.45) is 0 Å². The lowest BCUT2D eigenvalue weighted by molar-refractivity contribution is 0.0696. The number of nitrogens with zero attached hydrogens (tertiary/aromatic N) is 2. The molecule has 0 aromatic carbocycles. The highest BCUT2D eigenvalue weighted by Gasteiger charge is 2.16. The smallest absolute Gasteiger partial charge is 0.339 e. The molecule has 1 aromatic rings. The molecule has 0 spiro atoms. The van der Waals surface area contributed by atoms with Crippen molar-refractivity contribution in [3.63, 3.8) is 0 Å². The standard InChI is InChI=1S/C10H14N2O2/c1-6-5-7(2)11-9(12(3)4)8(6)10(13)14/h5H,1-4H3,(H,13,14). The van der Waals surface area contributed by atoms with Crippen LogP contribution >= 0.6 is 0 Å². The van der Waals surface area contributed by atoms with E-state index < -0.39 is 5.97 Å². The van der Waals surface area contributed by atoms with Crippen molar-refractivity contribution >= 4 is 11.8 Å². The summed E-state index contributed by atoms with van der Waals surface area (Å²) in [5, 5.41) is 9.02. The van der Waals surface area contributed by atoms with E-state index in [0.29, 0.717) is 5.82 Å². The second-order valence-corrected chi connectivity index (χ2v) is 3.48. The molecule has 0 unspecified atom stereocenters. The normalized spacial score (nSPS) is 10.0. The van der Waals surface area contributed by atoms with Gasteiger partial charge in [0, 0.05) is 19.8 Å². The van der Waals surface area contributed by atoms with Crippen LogP contribution in [-0.2, 0) is 0 Å². The number of aryl methyl sites for hydroxylation is 2. The summed E-state index contributed by atoms with van der Waals surface area (Å²) in [7, 11) is 3.57. The first kappa shape index (κ1) is 10.5. The van der Waals surface area contributed by atoms with Gasteiger partial charge in [-0.15, -0.1) is 0 Å². The van der Waals surface area contributed by atoms with E-state index in [-0.39, 0.29) is 5.56 Å². The van der Waals surface area contributed by atoms with Crippen LogP contribution in [-0.4, -0.2) is 30.2 Å². The molecule has 0 bridgehead atoms. The van der Waals surface area contributed by atoms with Crippen LogP contribution in [0.3, 0.4) is 0 Å². The fourth-order valence-corrected chi connectivity index (χ4v) is 1.40. The first-order chi connectivity index (χ1) is 6.43. The third kappa shape index (κ3) is 1.84.